The first-order chi connectivity index (χ1) is 17.5. The number of benzene rings is 2. The van der Waals surface area contributed by atoms with E-state index in [2.05, 4.69) is 5.32 Å². The van der Waals surface area contributed by atoms with Crippen LogP contribution >= 0.6 is 23.2 Å². The van der Waals surface area contributed by atoms with E-state index < -0.39 is 28.5 Å². The first-order valence-corrected chi connectivity index (χ1v) is 14.5. The number of nitrogens with zero attached hydrogens (tertiary/aromatic N) is 2. The van der Waals surface area contributed by atoms with Crippen molar-refractivity contribution < 1.29 is 27.5 Å². The lowest BCUT2D eigenvalue weighted by molar-refractivity contribution is -0.140. The van der Waals surface area contributed by atoms with Gasteiger partial charge in [-0.2, -0.15) is 0 Å². The van der Waals surface area contributed by atoms with Crippen molar-refractivity contribution in [2.45, 2.75) is 39.3 Å². The molecule has 0 bridgehead atoms. The van der Waals surface area contributed by atoms with Crippen LogP contribution < -0.4 is 19.1 Å². The van der Waals surface area contributed by atoms with Crippen LogP contribution in [0.1, 0.15) is 32.3 Å². The fourth-order valence-electron chi connectivity index (χ4n) is 3.92. The summed E-state index contributed by atoms with van der Waals surface area (Å²) >= 11 is 12.2. The van der Waals surface area contributed by atoms with E-state index in [4.69, 9.17) is 32.7 Å². The van der Waals surface area contributed by atoms with Gasteiger partial charge in [-0.05, 0) is 42.7 Å². The maximum Gasteiger partial charge on any atom is 0.244 e. The van der Waals surface area contributed by atoms with Gasteiger partial charge in [0.25, 0.3) is 0 Å². The second kappa shape index (κ2) is 12.7. The molecular weight excluding hydrogens is 541 g/mol. The third kappa shape index (κ3) is 7.43. The largest absolute Gasteiger partial charge is 0.486 e. The molecule has 2 aromatic rings. The van der Waals surface area contributed by atoms with E-state index in [1.54, 1.807) is 37.3 Å². The molecule has 0 aromatic heterocycles. The molecule has 0 aliphatic carbocycles. The zero-order valence-electron chi connectivity index (χ0n) is 21.0. The number of fused-ring (bicyclic) bond motifs is 1. The van der Waals surface area contributed by atoms with E-state index in [-0.39, 0.29) is 18.1 Å². The van der Waals surface area contributed by atoms with Gasteiger partial charge >= 0.3 is 0 Å². The molecule has 3 rings (SSSR count). The third-order valence-electron chi connectivity index (χ3n) is 5.77. The highest BCUT2D eigenvalue weighted by Crippen LogP contribution is 2.35. The maximum atomic E-state index is 13.7. The Morgan fingerprint density at radius 2 is 1.73 bits per heavy atom. The summed E-state index contributed by atoms with van der Waals surface area (Å²) in [5.74, 6) is 0.0189. The number of hydrogen-bond donors (Lipinski definition) is 1. The van der Waals surface area contributed by atoms with Crippen LogP contribution in [0.15, 0.2) is 36.4 Å². The van der Waals surface area contributed by atoms with Crippen LogP contribution in [0.25, 0.3) is 0 Å². The second-order valence-corrected chi connectivity index (χ2v) is 11.3. The third-order valence-corrected chi connectivity index (χ3v) is 7.64. The van der Waals surface area contributed by atoms with Gasteiger partial charge in [-0.25, -0.2) is 8.42 Å². The van der Waals surface area contributed by atoms with Crippen LogP contribution in [0.2, 0.25) is 10.0 Å². The van der Waals surface area contributed by atoms with Crippen LogP contribution in [-0.4, -0.2) is 63.7 Å². The SMILES string of the molecule is CCCNC(=O)[C@@H](CC)N(Cc1ccc(Cl)c(Cl)c1)C(=O)CN(c1ccc2c(c1)OCCO2)S(C)(=O)=O. The predicted octanol–water partition coefficient (Wildman–Crippen LogP) is 3.86. The molecule has 202 valence electrons. The fraction of sp³-hybridized carbons (Fsp3) is 0.440. The standard InChI is InChI=1S/C25H31Cl2N3O6S/c1-4-10-28-25(32)21(5-2)29(15-17-6-8-19(26)20(27)13-17)24(31)16-30(37(3,33)34)18-7-9-22-23(14-18)36-12-11-35-22/h6-9,13-14,21H,4-5,10-12,15-16H2,1-3H3,(H,28,32)/t21-/m1/s1. The summed E-state index contributed by atoms with van der Waals surface area (Å²) in [6, 6.07) is 8.80. The lowest BCUT2D eigenvalue weighted by atomic mass is 10.1. The van der Waals surface area contributed by atoms with Gasteiger partial charge in [0.15, 0.2) is 11.5 Å². The van der Waals surface area contributed by atoms with E-state index in [1.807, 2.05) is 6.92 Å². The Bertz CT molecular complexity index is 1240. The highest BCUT2D eigenvalue weighted by molar-refractivity contribution is 7.92. The first-order valence-electron chi connectivity index (χ1n) is 11.9. The predicted molar refractivity (Wildman–Crippen MR) is 144 cm³/mol. The number of anilines is 1. The van der Waals surface area contributed by atoms with Gasteiger partial charge in [0.05, 0.1) is 22.0 Å². The van der Waals surface area contributed by atoms with Crippen molar-refractivity contribution in [3.63, 3.8) is 0 Å². The number of nitrogens with one attached hydrogen (secondary N) is 1. The Balaban J connectivity index is 1.95. The molecule has 12 heteroatoms. The van der Waals surface area contributed by atoms with E-state index in [0.29, 0.717) is 53.3 Å². The average molecular weight is 573 g/mol. The van der Waals surface area contributed by atoms with Crippen molar-refractivity contribution >= 4 is 50.7 Å². The minimum absolute atomic E-state index is 0.0342. The molecule has 9 nitrogen and oxygen atoms in total. The molecule has 1 N–H and O–H groups in total. The molecule has 2 aromatic carbocycles. The number of amides is 2. The van der Waals surface area contributed by atoms with Gasteiger partial charge < -0.3 is 19.7 Å². The summed E-state index contributed by atoms with van der Waals surface area (Å²) in [6.45, 7) is 4.41. The van der Waals surface area contributed by atoms with Crippen LogP contribution in [0.5, 0.6) is 11.5 Å². The van der Waals surface area contributed by atoms with Crippen LogP contribution in [0, 0.1) is 0 Å². The Hall–Kier alpha value is -2.69. The molecule has 0 saturated heterocycles. The first kappa shape index (κ1) is 28.9. The van der Waals surface area contributed by atoms with E-state index >= 15 is 0 Å². The summed E-state index contributed by atoms with van der Waals surface area (Å²) in [5.41, 5.74) is 0.896. The van der Waals surface area contributed by atoms with Crippen LogP contribution in [0.4, 0.5) is 5.69 Å². The average Bonchev–Trinajstić information content (AvgIpc) is 2.86. The van der Waals surface area contributed by atoms with Gasteiger partial charge in [0.1, 0.15) is 25.8 Å². The van der Waals surface area contributed by atoms with Gasteiger partial charge in [0, 0.05) is 19.2 Å². The lowest BCUT2D eigenvalue weighted by Crippen LogP contribution is -2.52. The number of sulfonamides is 1. The highest BCUT2D eigenvalue weighted by Gasteiger charge is 2.32. The Labute approximate surface area is 227 Å². The summed E-state index contributed by atoms with van der Waals surface area (Å²) in [6.07, 6.45) is 2.08. The van der Waals surface area contributed by atoms with Gasteiger partial charge in [-0.15, -0.1) is 0 Å². The lowest BCUT2D eigenvalue weighted by Gasteiger charge is -2.33. The monoisotopic (exact) mass is 571 g/mol. The zero-order valence-corrected chi connectivity index (χ0v) is 23.3. The quantitative estimate of drug-likeness (QED) is 0.439. The molecule has 0 spiro atoms. The van der Waals surface area contributed by atoms with Gasteiger partial charge in [-0.1, -0.05) is 43.1 Å². The Kier molecular flexibility index (Phi) is 9.92. The summed E-state index contributed by atoms with van der Waals surface area (Å²) in [5, 5.41) is 3.50. The molecule has 1 heterocycles. The normalized spacial score (nSPS) is 13.5. The molecule has 2 amide bonds. The van der Waals surface area contributed by atoms with Crippen molar-refractivity contribution in [3.05, 3.63) is 52.0 Å². The molecule has 1 aliphatic heterocycles. The molecule has 0 saturated carbocycles. The van der Waals surface area contributed by atoms with Crippen molar-refractivity contribution in [1.82, 2.24) is 10.2 Å². The minimum atomic E-state index is -3.87. The summed E-state index contributed by atoms with van der Waals surface area (Å²) < 4.78 is 37.7. The van der Waals surface area contributed by atoms with Crippen molar-refractivity contribution in [2.75, 3.05) is 36.9 Å². The topological polar surface area (TPSA) is 105 Å². The number of carbonyl (C=O) groups is 2. The molecule has 0 radical (unpaired) electrons. The minimum Gasteiger partial charge on any atom is -0.486 e. The number of hydrogen-bond acceptors (Lipinski definition) is 6. The van der Waals surface area contributed by atoms with Gasteiger partial charge in [-0.3, -0.25) is 13.9 Å². The molecular formula is C25H31Cl2N3O6S. The number of halogens is 2. The number of ether oxygens (including phenoxy) is 2. The van der Waals surface area contributed by atoms with Crippen LogP contribution in [0.3, 0.4) is 0 Å². The number of carbonyl (C=O) groups excluding carboxylic acids is 2. The molecule has 37 heavy (non-hydrogen) atoms. The van der Waals surface area contributed by atoms with Crippen molar-refractivity contribution in [1.29, 1.82) is 0 Å². The zero-order chi connectivity index (χ0) is 27.2. The molecule has 1 atom stereocenters. The van der Waals surface area contributed by atoms with Gasteiger partial charge in [0.2, 0.25) is 21.8 Å². The molecule has 1 aliphatic rings. The van der Waals surface area contributed by atoms with Crippen LogP contribution in [-0.2, 0) is 26.2 Å². The fourth-order valence-corrected chi connectivity index (χ4v) is 5.08. The van der Waals surface area contributed by atoms with E-state index in [1.165, 1.54) is 11.0 Å². The summed E-state index contributed by atoms with van der Waals surface area (Å²) in [4.78, 5) is 28.1. The Morgan fingerprint density at radius 1 is 1.03 bits per heavy atom. The van der Waals surface area contributed by atoms with E-state index in [9.17, 15) is 18.0 Å². The smallest absolute Gasteiger partial charge is 0.244 e. The molecule has 0 fully saturated rings. The van der Waals surface area contributed by atoms with E-state index in [0.717, 1.165) is 17.0 Å². The van der Waals surface area contributed by atoms with Crippen molar-refractivity contribution in [3.8, 4) is 11.5 Å². The number of rotatable bonds is 11. The molecule has 0 unspecified atom stereocenters. The Morgan fingerprint density at radius 3 is 2.35 bits per heavy atom. The second-order valence-electron chi connectivity index (χ2n) is 8.58. The van der Waals surface area contributed by atoms with Crippen molar-refractivity contribution in [2.24, 2.45) is 0 Å². The maximum absolute atomic E-state index is 13.7. The summed E-state index contributed by atoms with van der Waals surface area (Å²) in [7, 11) is -3.87. The highest BCUT2D eigenvalue weighted by atomic mass is 35.5.